The molecule has 1 N–H and O–H groups in total. The third-order valence-corrected chi connectivity index (χ3v) is 1.94. The number of anilines is 1. The zero-order valence-electron chi connectivity index (χ0n) is 6.96. The third kappa shape index (κ3) is 1.64. The molecule has 1 aromatic rings. The molecule has 2 rings (SSSR count). The van der Waals surface area contributed by atoms with Crippen LogP contribution in [0.1, 0.15) is 18.4 Å². The van der Waals surface area contributed by atoms with Crippen LogP contribution in [0.15, 0.2) is 25.0 Å². The van der Waals surface area contributed by atoms with Crippen molar-refractivity contribution in [1.82, 2.24) is 4.98 Å². The van der Waals surface area contributed by atoms with E-state index in [9.17, 15) is 0 Å². The van der Waals surface area contributed by atoms with Crippen LogP contribution in [0.2, 0.25) is 0 Å². The standard InChI is InChI=1S/C10H12N2/c1-2-8-5-10(7-11-6-8)12-9-3-4-9/h2,5-7,9,12H,1,3-4H2. The molecule has 1 fully saturated rings. The number of pyridine rings is 1. The van der Waals surface area contributed by atoms with Crippen molar-refractivity contribution in [3.63, 3.8) is 0 Å². The van der Waals surface area contributed by atoms with Crippen molar-refractivity contribution in [1.29, 1.82) is 0 Å². The molecule has 62 valence electrons. The summed E-state index contributed by atoms with van der Waals surface area (Å²) in [6.45, 7) is 3.70. The highest BCUT2D eigenvalue weighted by atomic mass is 15.0. The van der Waals surface area contributed by atoms with Gasteiger partial charge in [-0.25, -0.2) is 0 Å². The average Bonchev–Trinajstić information content (AvgIpc) is 2.89. The minimum atomic E-state index is 0.687. The van der Waals surface area contributed by atoms with E-state index in [1.807, 2.05) is 18.5 Å². The fourth-order valence-corrected chi connectivity index (χ4v) is 1.11. The Morgan fingerprint density at radius 2 is 2.33 bits per heavy atom. The molecule has 0 radical (unpaired) electrons. The highest BCUT2D eigenvalue weighted by molar-refractivity contribution is 5.54. The normalized spacial score (nSPS) is 15.7. The zero-order chi connectivity index (χ0) is 8.39. The second-order valence-electron chi connectivity index (χ2n) is 3.13. The molecule has 0 aromatic carbocycles. The van der Waals surface area contributed by atoms with Gasteiger partial charge in [-0.1, -0.05) is 12.7 Å². The summed E-state index contributed by atoms with van der Waals surface area (Å²) in [7, 11) is 0. The topological polar surface area (TPSA) is 24.9 Å². The molecule has 0 bridgehead atoms. The Kier molecular flexibility index (Phi) is 1.82. The van der Waals surface area contributed by atoms with Crippen LogP contribution >= 0.6 is 0 Å². The maximum atomic E-state index is 4.10. The van der Waals surface area contributed by atoms with E-state index >= 15 is 0 Å². The Labute approximate surface area is 72.3 Å². The van der Waals surface area contributed by atoms with Gasteiger partial charge in [0.1, 0.15) is 0 Å². The predicted molar refractivity (Wildman–Crippen MR) is 51.0 cm³/mol. The minimum absolute atomic E-state index is 0.687. The van der Waals surface area contributed by atoms with Crippen LogP contribution in [0, 0.1) is 0 Å². The van der Waals surface area contributed by atoms with E-state index in [4.69, 9.17) is 0 Å². The molecule has 0 atom stereocenters. The Morgan fingerprint density at radius 3 is 3.00 bits per heavy atom. The van der Waals surface area contributed by atoms with Crippen LogP contribution in [0.3, 0.4) is 0 Å². The number of nitrogens with zero attached hydrogens (tertiary/aromatic N) is 1. The highest BCUT2D eigenvalue weighted by Gasteiger charge is 2.20. The molecule has 0 aliphatic heterocycles. The van der Waals surface area contributed by atoms with Gasteiger partial charge >= 0.3 is 0 Å². The molecule has 1 heterocycles. The van der Waals surface area contributed by atoms with Gasteiger partial charge in [0.05, 0.1) is 5.69 Å². The predicted octanol–water partition coefficient (Wildman–Crippen LogP) is 2.30. The van der Waals surface area contributed by atoms with Gasteiger partial charge in [-0.2, -0.15) is 0 Å². The molecule has 12 heavy (non-hydrogen) atoms. The lowest BCUT2D eigenvalue weighted by Gasteiger charge is -2.03. The molecule has 0 amide bonds. The average molecular weight is 160 g/mol. The molecule has 1 aliphatic carbocycles. The summed E-state index contributed by atoms with van der Waals surface area (Å²) in [5, 5.41) is 3.38. The van der Waals surface area contributed by atoms with Gasteiger partial charge < -0.3 is 5.32 Å². The lowest BCUT2D eigenvalue weighted by atomic mass is 10.2. The summed E-state index contributed by atoms with van der Waals surface area (Å²) in [6, 6.07) is 2.75. The van der Waals surface area contributed by atoms with Crippen LogP contribution in [-0.4, -0.2) is 11.0 Å². The lowest BCUT2D eigenvalue weighted by Crippen LogP contribution is -2.00. The van der Waals surface area contributed by atoms with Gasteiger partial charge in [0.15, 0.2) is 0 Å². The van der Waals surface area contributed by atoms with Crippen LogP contribution in [0.5, 0.6) is 0 Å². The quantitative estimate of drug-likeness (QED) is 0.733. The number of hydrogen-bond donors (Lipinski definition) is 1. The van der Waals surface area contributed by atoms with E-state index in [0.29, 0.717) is 6.04 Å². The molecule has 0 saturated heterocycles. The first kappa shape index (κ1) is 7.35. The van der Waals surface area contributed by atoms with Gasteiger partial charge in [0.2, 0.25) is 0 Å². The maximum absolute atomic E-state index is 4.10. The van der Waals surface area contributed by atoms with Crippen LogP contribution in [-0.2, 0) is 0 Å². The maximum Gasteiger partial charge on any atom is 0.0534 e. The Hall–Kier alpha value is -1.31. The number of hydrogen-bond acceptors (Lipinski definition) is 2. The van der Waals surface area contributed by atoms with E-state index in [0.717, 1.165) is 11.3 Å². The van der Waals surface area contributed by atoms with E-state index in [1.165, 1.54) is 12.8 Å². The van der Waals surface area contributed by atoms with Crippen molar-refractivity contribution in [3.05, 3.63) is 30.6 Å². The zero-order valence-corrected chi connectivity index (χ0v) is 6.96. The third-order valence-electron chi connectivity index (χ3n) is 1.94. The number of rotatable bonds is 3. The van der Waals surface area contributed by atoms with Gasteiger partial charge in [-0.3, -0.25) is 4.98 Å². The summed E-state index contributed by atoms with van der Waals surface area (Å²) >= 11 is 0. The minimum Gasteiger partial charge on any atom is -0.381 e. The van der Waals surface area contributed by atoms with Gasteiger partial charge in [0, 0.05) is 18.4 Å². The van der Waals surface area contributed by atoms with E-state index < -0.39 is 0 Å². The molecule has 1 aromatic heterocycles. The summed E-state index contributed by atoms with van der Waals surface area (Å²) in [5.41, 5.74) is 2.18. The summed E-state index contributed by atoms with van der Waals surface area (Å²) < 4.78 is 0. The molecule has 0 unspecified atom stereocenters. The first-order chi connectivity index (χ1) is 5.88. The Bertz CT molecular complexity index is 290. The molecule has 2 heteroatoms. The molecule has 2 nitrogen and oxygen atoms in total. The SMILES string of the molecule is C=Cc1cncc(NC2CC2)c1. The van der Waals surface area contributed by atoms with Gasteiger partial charge in [-0.15, -0.1) is 0 Å². The molecule has 1 aliphatic rings. The van der Waals surface area contributed by atoms with Crippen molar-refractivity contribution >= 4 is 11.8 Å². The summed E-state index contributed by atoms with van der Waals surface area (Å²) in [5.74, 6) is 0. The van der Waals surface area contributed by atoms with E-state index in [2.05, 4.69) is 22.9 Å². The largest absolute Gasteiger partial charge is 0.381 e. The van der Waals surface area contributed by atoms with Crippen LogP contribution in [0.4, 0.5) is 5.69 Å². The van der Waals surface area contributed by atoms with E-state index in [-0.39, 0.29) is 0 Å². The number of aromatic nitrogens is 1. The van der Waals surface area contributed by atoms with Gasteiger partial charge in [0.25, 0.3) is 0 Å². The number of nitrogens with one attached hydrogen (secondary N) is 1. The van der Waals surface area contributed by atoms with Crippen molar-refractivity contribution in [2.24, 2.45) is 0 Å². The summed E-state index contributed by atoms with van der Waals surface area (Å²) in [6.07, 6.45) is 8.05. The molecular formula is C10H12N2. The Morgan fingerprint density at radius 1 is 1.50 bits per heavy atom. The summed E-state index contributed by atoms with van der Waals surface area (Å²) in [4.78, 5) is 4.10. The van der Waals surface area contributed by atoms with Crippen molar-refractivity contribution in [3.8, 4) is 0 Å². The molecular weight excluding hydrogens is 148 g/mol. The van der Waals surface area contributed by atoms with Crippen LogP contribution < -0.4 is 5.32 Å². The first-order valence-corrected chi connectivity index (χ1v) is 4.22. The van der Waals surface area contributed by atoms with Crippen molar-refractivity contribution in [2.75, 3.05) is 5.32 Å². The smallest absolute Gasteiger partial charge is 0.0534 e. The van der Waals surface area contributed by atoms with Crippen molar-refractivity contribution < 1.29 is 0 Å². The van der Waals surface area contributed by atoms with E-state index in [1.54, 1.807) is 0 Å². The molecule has 0 spiro atoms. The second kappa shape index (κ2) is 2.97. The highest BCUT2D eigenvalue weighted by Crippen LogP contribution is 2.24. The second-order valence-corrected chi connectivity index (χ2v) is 3.13. The fraction of sp³-hybridized carbons (Fsp3) is 0.300. The molecule has 1 saturated carbocycles. The van der Waals surface area contributed by atoms with Crippen molar-refractivity contribution in [2.45, 2.75) is 18.9 Å². The first-order valence-electron chi connectivity index (χ1n) is 4.22. The monoisotopic (exact) mass is 160 g/mol. The van der Waals surface area contributed by atoms with Crippen LogP contribution in [0.25, 0.3) is 6.08 Å². The van der Waals surface area contributed by atoms with Gasteiger partial charge in [-0.05, 0) is 24.5 Å². The lowest BCUT2D eigenvalue weighted by molar-refractivity contribution is 1.14. The Balaban J connectivity index is 2.13. The fourth-order valence-electron chi connectivity index (χ4n) is 1.11.